The minimum Gasteiger partial charge on any atom is -0.367 e. The number of nitrogens with two attached hydrogens (primary N) is 1. The Morgan fingerprint density at radius 1 is 1.62 bits per heavy atom. The van der Waals surface area contributed by atoms with Crippen LogP contribution in [-0.4, -0.2) is 26.7 Å². The van der Waals surface area contributed by atoms with Gasteiger partial charge in [0, 0.05) is 6.04 Å². The molecule has 1 aromatic rings. The fraction of sp³-hybridized carbons (Fsp3) is 0.700. The van der Waals surface area contributed by atoms with Gasteiger partial charge in [0.05, 0.1) is 0 Å². The van der Waals surface area contributed by atoms with Gasteiger partial charge in [-0.3, -0.25) is 4.79 Å². The summed E-state index contributed by atoms with van der Waals surface area (Å²) in [5.74, 6) is 0.574. The molecule has 0 radical (unpaired) electrons. The molecule has 0 bridgehead atoms. The molecular formula is C10H19N5O. The van der Waals surface area contributed by atoms with Gasteiger partial charge in [-0.05, 0) is 12.8 Å². The van der Waals surface area contributed by atoms with E-state index in [0.717, 1.165) is 6.42 Å². The topological polar surface area (TPSA) is 85.8 Å². The highest BCUT2D eigenvalue weighted by Crippen LogP contribution is 2.06. The number of rotatable bonds is 5. The Morgan fingerprint density at radius 2 is 2.31 bits per heavy atom. The highest BCUT2D eigenvalue weighted by Gasteiger charge is 2.13. The van der Waals surface area contributed by atoms with E-state index in [2.05, 4.69) is 29.2 Å². The Kier molecular flexibility index (Phi) is 4.28. The van der Waals surface area contributed by atoms with E-state index in [0.29, 0.717) is 5.92 Å². The van der Waals surface area contributed by atoms with Crippen LogP contribution in [0.4, 0.5) is 5.95 Å². The van der Waals surface area contributed by atoms with E-state index in [-0.39, 0.29) is 24.4 Å². The number of anilines is 1. The zero-order valence-electron chi connectivity index (χ0n) is 9.97. The zero-order chi connectivity index (χ0) is 12.1. The maximum Gasteiger partial charge on any atom is 0.242 e. The average molecular weight is 225 g/mol. The van der Waals surface area contributed by atoms with Crippen molar-refractivity contribution < 1.29 is 4.79 Å². The van der Waals surface area contributed by atoms with Crippen molar-refractivity contribution in [1.29, 1.82) is 0 Å². The number of hydrogen-bond acceptors (Lipinski definition) is 4. The highest BCUT2D eigenvalue weighted by molar-refractivity contribution is 5.75. The molecule has 0 spiro atoms. The second kappa shape index (κ2) is 5.48. The summed E-state index contributed by atoms with van der Waals surface area (Å²) in [5, 5.41) is 6.77. The standard InChI is InChI=1S/C10H19N5O/c1-4-7(2)8(3)13-9(16)5-15-6-12-10(11)14-15/h6-8H,4-5H2,1-3H3,(H2,11,14)(H,13,16). The van der Waals surface area contributed by atoms with Gasteiger partial charge in [-0.15, -0.1) is 5.10 Å². The molecule has 16 heavy (non-hydrogen) atoms. The van der Waals surface area contributed by atoms with Crippen LogP contribution < -0.4 is 11.1 Å². The van der Waals surface area contributed by atoms with Gasteiger partial charge >= 0.3 is 0 Å². The molecule has 1 rings (SSSR count). The Hall–Kier alpha value is -1.59. The van der Waals surface area contributed by atoms with E-state index in [1.807, 2.05) is 6.92 Å². The van der Waals surface area contributed by atoms with Gasteiger partial charge in [0.15, 0.2) is 0 Å². The van der Waals surface area contributed by atoms with Crippen LogP contribution in [-0.2, 0) is 11.3 Å². The SMILES string of the molecule is CCC(C)C(C)NC(=O)Cn1cnc(N)n1. The molecule has 90 valence electrons. The maximum absolute atomic E-state index is 11.6. The molecule has 0 aromatic carbocycles. The summed E-state index contributed by atoms with van der Waals surface area (Å²) in [7, 11) is 0. The summed E-state index contributed by atoms with van der Waals surface area (Å²) in [6.45, 7) is 6.37. The van der Waals surface area contributed by atoms with Gasteiger partial charge in [-0.1, -0.05) is 20.3 Å². The molecule has 1 heterocycles. The molecule has 3 N–H and O–H groups in total. The molecule has 0 fully saturated rings. The number of nitrogens with one attached hydrogen (secondary N) is 1. The van der Waals surface area contributed by atoms with Crippen molar-refractivity contribution in [2.45, 2.75) is 39.8 Å². The molecular weight excluding hydrogens is 206 g/mol. The van der Waals surface area contributed by atoms with E-state index in [1.165, 1.54) is 11.0 Å². The fourth-order valence-corrected chi connectivity index (χ4v) is 1.33. The second-order valence-electron chi connectivity index (χ2n) is 4.04. The Bertz CT molecular complexity index is 349. The number of hydrogen-bond donors (Lipinski definition) is 2. The molecule has 2 atom stereocenters. The van der Waals surface area contributed by atoms with E-state index in [1.54, 1.807) is 0 Å². The lowest BCUT2D eigenvalue weighted by Gasteiger charge is -2.19. The first-order valence-corrected chi connectivity index (χ1v) is 5.47. The summed E-state index contributed by atoms with van der Waals surface area (Å²) in [6, 6.07) is 0.165. The lowest BCUT2D eigenvalue weighted by molar-refractivity contribution is -0.122. The van der Waals surface area contributed by atoms with Crippen molar-refractivity contribution in [3.8, 4) is 0 Å². The molecule has 0 aliphatic rings. The van der Waals surface area contributed by atoms with Gasteiger partial charge in [0.25, 0.3) is 0 Å². The van der Waals surface area contributed by atoms with Gasteiger partial charge in [0.1, 0.15) is 12.9 Å². The van der Waals surface area contributed by atoms with Crippen molar-refractivity contribution >= 4 is 11.9 Å². The lowest BCUT2D eigenvalue weighted by atomic mass is 10.0. The molecule has 0 aliphatic heterocycles. The van der Waals surface area contributed by atoms with E-state index in [4.69, 9.17) is 5.73 Å². The summed E-state index contributed by atoms with van der Waals surface area (Å²) in [6.07, 6.45) is 2.49. The monoisotopic (exact) mass is 225 g/mol. The number of aromatic nitrogens is 3. The van der Waals surface area contributed by atoms with E-state index < -0.39 is 0 Å². The third kappa shape index (κ3) is 3.52. The highest BCUT2D eigenvalue weighted by atomic mass is 16.2. The van der Waals surface area contributed by atoms with Crippen LogP contribution in [0.5, 0.6) is 0 Å². The van der Waals surface area contributed by atoms with Crippen molar-refractivity contribution in [3.05, 3.63) is 6.33 Å². The first-order valence-electron chi connectivity index (χ1n) is 5.47. The predicted molar refractivity (Wildman–Crippen MR) is 61.5 cm³/mol. The number of carbonyl (C=O) groups excluding carboxylic acids is 1. The molecule has 6 nitrogen and oxygen atoms in total. The molecule has 0 aliphatic carbocycles. The van der Waals surface area contributed by atoms with Crippen molar-refractivity contribution in [1.82, 2.24) is 20.1 Å². The Morgan fingerprint density at radius 3 is 2.81 bits per heavy atom. The third-order valence-electron chi connectivity index (χ3n) is 2.75. The second-order valence-corrected chi connectivity index (χ2v) is 4.04. The quantitative estimate of drug-likeness (QED) is 0.760. The van der Waals surface area contributed by atoms with Crippen LogP contribution in [0, 0.1) is 5.92 Å². The summed E-state index contributed by atoms with van der Waals surface area (Å²) in [4.78, 5) is 15.4. The summed E-state index contributed by atoms with van der Waals surface area (Å²) in [5.41, 5.74) is 5.35. The van der Waals surface area contributed by atoms with E-state index in [9.17, 15) is 4.79 Å². The molecule has 0 saturated heterocycles. The van der Waals surface area contributed by atoms with Crippen molar-refractivity contribution in [2.24, 2.45) is 5.92 Å². The van der Waals surface area contributed by atoms with E-state index >= 15 is 0 Å². The van der Waals surface area contributed by atoms with Crippen molar-refractivity contribution in [3.63, 3.8) is 0 Å². The predicted octanol–water partition coefficient (Wildman–Crippen LogP) is 0.411. The average Bonchev–Trinajstić information content (AvgIpc) is 2.62. The van der Waals surface area contributed by atoms with Crippen LogP contribution in [0.15, 0.2) is 6.33 Å². The largest absolute Gasteiger partial charge is 0.367 e. The zero-order valence-corrected chi connectivity index (χ0v) is 9.97. The molecule has 1 aromatic heterocycles. The Balaban J connectivity index is 2.42. The first kappa shape index (κ1) is 12.5. The normalized spacial score (nSPS) is 14.4. The Labute approximate surface area is 95.2 Å². The summed E-state index contributed by atoms with van der Waals surface area (Å²) >= 11 is 0. The fourth-order valence-electron chi connectivity index (χ4n) is 1.33. The number of nitrogens with zero attached hydrogens (tertiary/aromatic N) is 3. The number of carbonyl (C=O) groups is 1. The van der Waals surface area contributed by atoms with Gasteiger partial charge < -0.3 is 11.1 Å². The lowest BCUT2D eigenvalue weighted by Crippen LogP contribution is -2.38. The molecule has 2 unspecified atom stereocenters. The van der Waals surface area contributed by atoms with Crippen LogP contribution in [0.3, 0.4) is 0 Å². The van der Waals surface area contributed by atoms with Crippen LogP contribution >= 0.6 is 0 Å². The minimum atomic E-state index is -0.0716. The van der Waals surface area contributed by atoms with Crippen LogP contribution in [0.1, 0.15) is 27.2 Å². The molecule has 0 saturated carbocycles. The van der Waals surface area contributed by atoms with Gasteiger partial charge in [0.2, 0.25) is 11.9 Å². The van der Waals surface area contributed by atoms with Crippen LogP contribution in [0.2, 0.25) is 0 Å². The number of nitrogen functional groups attached to an aromatic ring is 1. The molecule has 6 heteroatoms. The smallest absolute Gasteiger partial charge is 0.242 e. The minimum absolute atomic E-state index is 0.0716. The third-order valence-corrected chi connectivity index (χ3v) is 2.75. The van der Waals surface area contributed by atoms with Gasteiger partial charge in [-0.2, -0.15) is 0 Å². The van der Waals surface area contributed by atoms with Crippen LogP contribution in [0.25, 0.3) is 0 Å². The number of amides is 1. The first-order chi connectivity index (χ1) is 7.52. The van der Waals surface area contributed by atoms with Gasteiger partial charge in [-0.25, -0.2) is 9.67 Å². The van der Waals surface area contributed by atoms with Crippen molar-refractivity contribution in [2.75, 3.05) is 5.73 Å². The summed E-state index contributed by atoms with van der Waals surface area (Å²) < 4.78 is 1.42. The molecule has 1 amide bonds. The maximum atomic E-state index is 11.6.